The van der Waals surface area contributed by atoms with Crippen LogP contribution in [0.2, 0.25) is 0 Å². The minimum Gasteiger partial charge on any atom is -0.384 e. The van der Waals surface area contributed by atoms with Gasteiger partial charge in [0.25, 0.3) is 0 Å². The minimum absolute atomic E-state index is 0.108. The van der Waals surface area contributed by atoms with Crippen molar-refractivity contribution in [3.8, 4) is 11.3 Å². The van der Waals surface area contributed by atoms with E-state index in [0.29, 0.717) is 5.82 Å². The molecule has 16 heavy (non-hydrogen) atoms. The molecule has 1 aromatic heterocycles. The number of rotatable bonds is 3. The van der Waals surface area contributed by atoms with Crippen molar-refractivity contribution in [1.29, 1.82) is 0 Å². The van der Waals surface area contributed by atoms with Gasteiger partial charge in [-0.05, 0) is 29.8 Å². The van der Waals surface area contributed by atoms with E-state index in [1.807, 2.05) is 0 Å². The van der Waals surface area contributed by atoms with Crippen molar-refractivity contribution < 1.29 is 9.50 Å². The number of aromatic amines is 1. The molecule has 0 amide bonds. The largest absolute Gasteiger partial charge is 0.384 e. The third-order valence-electron chi connectivity index (χ3n) is 2.29. The Kier molecular flexibility index (Phi) is 2.98. The van der Waals surface area contributed by atoms with Gasteiger partial charge in [0, 0.05) is 6.54 Å². The highest BCUT2D eigenvalue weighted by atomic mass is 19.1. The molecule has 2 aromatic rings. The fourth-order valence-corrected chi connectivity index (χ4v) is 1.39. The van der Waals surface area contributed by atoms with E-state index in [2.05, 4.69) is 9.97 Å². The summed E-state index contributed by atoms with van der Waals surface area (Å²) >= 11 is 0. The summed E-state index contributed by atoms with van der Waals surface area (Å²) in [5.41, 5.74) is 6.85. The molecule has 84 valence electrons. The van der Waals surface area contributed by atoms with Gasteiger partial charge < -0.3 is 15.8 Å². The molecule has 1 atom stereocenters. The number of benzene rings is 1. The van der Waals surface area contributed by atoms with E-state index in [1.54, 1.807) is 18.3 Å². The number of aliphatic hydroxyl groups excluding tert-OH is 1. The molecule has 0 bridgehead atoms. The third kappa shape index (κ3) is 2.10. The molecule has 0 aliphatic rings. The van der Waals surface area contributed by atoms with Crippen molar-refractivity contribution in [2.75, 3.05) is 6.54 Å². The van der Waals surface area contributed by atoms with E-state index in [4.69, 9.17) is 5.73 Å². The topological polar surface area (TPSA) is 74.9 Å². The van der Waals surface area contributed by atoms with Crippen LogP contribution < -0.4 is 5.73 Å². The SMILES string of the molecule is NCC(O)c1ncc(-c2ccc(F)cc2)[nH]1. The monoisotopic (exact) mass is 221 g/mol. The summed E-state index contributed by atoms with van der Waals surface area (Å²) in [6.07, 6.45) is 0.788. The molecule has 1 unspecified atom stereocenters. The Morgan fingerprint density at radius 1 is 1.38 bits per heavy atom. The smallest absolute Gasteiger partial charge is 0.136 e. The van der Waals surface area contributed by atoms with Crippen LogP contribution in [-0.4, -0.2) is 21.6 Å². The van der Waals surface area contributed by atoms with E-state index in [1.165, 1.54) is 12.1 Å². The van der Waals surface area contributed by atoms with E-state index >= 15 is 0 Å². The zero-order valence-corrected chi connectivity index (χ0v) is 8.52. The first kappa shape index (κ1) is 10.8. The van der Waals surface area contributed by atoms with Gasteiger partial charge in [-0.1, -0.05) is 0 Å². The molecule has 0 radical (unpaired) electrons. The number of hydrogen-bond acceptors (Lipinski definition) is 3. The second-order valence-corrected chi connectivity index (χ2v) is 3.44. The Morgan fingerprint density at radius 3 is 2.69 bits per heavy atom. The van der Waals surface area contributed by atoms with Crippen LogP contribution >= 0.6 is 0 Å². The molecule has 1 heterocycles. The van der Waals surface area contributed by atoms with E-state index in [9.17, 15) is 9.50 Å². The van der Waals surface area contributed by atoms with Gasteiger partial charge in [-0.2, -0.15) is 0 Å². The zero-order chi connectivity index (χ0) is 11.5. The van der Waals surface area contributed by atoms with E-state index in [-0.39, 0.29) is 12.4 Å². The Hall–Kier alpha value is -1.72. The van der Waals surface area contributed by atoms with Gasteiger partial charge in [0.1, 0.15) is 17.7 Å². The minimum atomic E-state index is -0.797. The normalized spacial score (nSPS) is 12.7. The van der Waals surface area contributed by atoms with Crippen molar-refractivity contribution in [3.05, 3.63) is 42.1 Å². The lowest BCUT2D eigenvalue weighted by molar-refractivity contribution is 0.177. The summed E-state index contributed by atoms with van der Waals surface area (Å²) in [5, 5.41) is 9.45. The maximum Gasteiger partial charge on any atom is 0.136 e. The van der Waals surface area contributed by atoms with Crippen LogP contribution in [0.25, 0.3) is 11.3 Å². The Labute approximate surface area is 91.9 Å². The summed E-state index contributed by atoms with van der Waals surface area (Å²) in [6, 6.07) is 6.02. The van der Waals surface area contributed by atoms with Gasteiger partial charge in [0.2, 0.25) is 0 Å². The van der Waals surface area contributed by atoms with Gasteiger partial charge in [0.15, 0.2) is 0 Å². The number of nitrogens with two attached hydrogens (primary N) is 1. The first-order valence-corrected chi connectivity index (χ1v) is 4.89. The maximum absolute atomic E-state index is 12.7. The van der Waals surface area contributed by atoms with Crippen molar-refractivity contribution in [3.63, 3.8) is 0 Å². The average Bonchev–Trinajstić information content (AvgIpc) is 2.78. The van der Waals surface area contributed by atoms with Gasteiger partial charge >= 0.3 is 0 Å². The lowest BCUT2D eigenvalue weighted by Crippen LogP contribution is -2.12. The molecule has 5 heteroatoms. The highest BCUT2D eigenvalue weighted by Crippen LogP contribution is 2.19. The number of imidazole rings is 1. The number of halogens is 1. The van der Waals surface area contributed by atoms with Crippen LogP contribution in [0.4, 0.5) is 4.39 Å². The second kappa shape index (κ2) is 4.42. The molecule has 0 saturated heterocycles. The number of aliphatic hydroxyl groups is 1. The van der Waals surface area contributed by atoms with Crippen LogP contribution in [0.1, 0.15) is 11.9 Å². The standard InChI is InChI=1S/C11H12FN3O/c12-8-3-1-7(2-4-8)9-6-14-11(15-9)10(16)5-13/h1-4,6,10,16H,5,13H2,(H,14,15). The van der Waals surface area contributed by atoms with E-state index in [0.717, 1.165) is 11.3 Å². The Bertz CT molecular complexity index is 466. The number of nitrogens with one attached hydrogen (secondary N) is 1. The van der Waals surface area contributed by atoms with Crippen LogP contribution in [0, 0.1) is 5.82 Å². The predicted molar refractivity (Wildman–Crippen MR) is 58.0 cm³/mol. The lowest BCUT2D eigenvalue weighted by atomic mass is 10.2. The Morgan fingerprint density at radius 2 is 2.06 bits per heavy atom. The molecule has 0 fully saturated rings. The van der Waals surface area contributed by atoms with Crippen molar-refractivity contribution in [2.24, 2.45) is 5.73 Å². The summed E-state index contributed by atoms with van der Waals surface area (Å²) < 4.78 is 12.7. The Balaban J connectivity index is 2.28. The number of nitrogens with zero attached hydrogens (tertiary/aromatic N) is 1. The van der Waals surface area contributed by atoms with Gasteiger partial charge in [-0.15, -0.1) is 0 Å². The van der Waals surface area contributed by atoms with Crippen LogP contribution in [-0.2, 0) is 0 Å². The number of aromatic nitrogens is 2. The first-order valence-electron chi connectivity index (χ1n) is 4.89. The fourth-order valence-electron chi connectivity index (χ4n) is 1.39. The van der Waals surface area contributed by atoms with E-state index < -0.39 is 6.10 Å². The molecule has 1 aromatic carbocycles. The number of H-pyrrole nitrogens is 1. The van der Waals surface area contributed by atoms with Crippen LogP contribution in [0.5, 0.6) is 0 Å². The molecular weight excluding hydrogens is 209 g/mol. The molecule has 4 nitrogen and oxygen atoms in total. The summed E-state index contributed by atoms with van der Waals surface area (Å²) in [7, 11) is 0. The molecule has 0 spiro atoms. The predicted octanol–water partition coefficient (Wildman–Crippen LogP) is 1.21. The highest BCUT2D eigenvalue weighted by Gasteiger charge is 2.10. The molecule has 2 rings (SSSR count). The van der Waals surface area contributed by atoms with Crippen molar-refractivity contribution in [1.82, 2.24) is 9.97 Å². The van der Waals surface area contributed by atoms with Gasteiger partial charge in [-0.3, -0.25) is 0 Å². The number of hydrogen-bond donors (Lipinski definition) is 3. The van der Waals surface area contributed by atoms with Gasteiger partial charge in [0.05, 0.1) is 11.9 Å². The van der Waals surface area contributed by atoms with Gasteiger partial charge in [-0.25, -0.2) is 9.37 Å². The molecule has 0 saturated carbocycles. The maximum atomic E-state index is 12.7. The zero-order valence-electron chi connectivity index (χ0n) is 8.52. The highest BCUT2D eigenvalue weighted by molar-refractivity contribution is 5.58. The quantitative estimate of drug-likeness (QED) is 0.729. The lowest BCUT2D eigenvalue weighted by Gasteiger charge is -2.02. The van der Waals surface area contributed by atoms with Crippen molar-refractivity contribution in [2.45, 2.75) is 6.10 Å². The van der Waals surface area contributed by atoms with Crippen LogP contribution in [0.3, 0.4) is 0 Å². The third-order valence-corrected chi connectivity index (χ3v) is 2.29. The average molecular weight is 221 g/mol. The molecule has 0 aliphatic heterocycles. The first-order chi connectivity index (χ1) is 7.70. The fraction of sp³-hybridized carbons (Fsp3) is 0.182. The molecule has 4 N–H and O–H groups in total. The van der Waals surface area contributed by atoms with Crippen molar-refractivity contribution >= 4 is 0 Å². The summed E-state index contributed by atoms with van der Waals surface area (Å²) in [6.45, 7) is 0.108. The molecular formula is C11H12FN3O. The second-order valence-electron chi connectivity index (χ2n) is 3.44. The molecule has 0 aliphatic carbocycles. The summed E-state index contributed by atoms with van der Waals surface area (Å²) in [5.74, 6) is 0.132. The summed E-state index contributed by atoms with van der Waals surface area (Å²) in [4.78, 5) is 6.94. The van der Waals surface area contributed by atoms with Crippen LogP contribution in [0.15, 0.2) is 30.5 Å².